The SMILES string of the molecule is NC(=O)c1ccc(C2CCN(Cc3ccncc3N3CCC(=O)NC3=O)CC2)nc1-c1ccc(Oc2ccccc2)cc1. The zero-order valence-electron chi connectivity index (χ0n) is 23.6. The molecule has 0 spiro atoms. The first kappa shape index (κ1) is 28.0. The summed E-state index contributed by atoms with van der Waals surface area (Å²) in [6.45, 7) is 2.69. The Kier molecular flexibility index (Phi) is 8.10. The van der Waals surface area contributed by atoms with Crippen molar-refractivity contribution >= 4 is 23.5 Å². The van der Waals surface area contributed by atoms with Crippen LogP contribution in [0.3, 0.4) is 0 Å². The minimum Gasteiger partial charge on any atom is -0.457 e. The van der Waals surface area contributed by atoms with Gasteiger partial charge in [0.05, 0.1) is 23.1 Å². The van der Waals surface area contributed by atoms with Crippen molar-refractivity contribution in [3.8, 4) is 22.8 Å². The van der Waals surface area contributed by atoms with Crippen LogP contribution in [0.25, 0.3) is 11.3 Å². The molecule has 6 rings (SSSR count). The molecule has 0 radical (unpaired) electrons. The zero-order valence-corrected chi connectivity index (χ0v) is 23.6. The van der Waals surface area contributed by atoms with Crippen molar-refractivity contribution in [1.82, 2.24) is 20.2 Å². The fourth-order valence-electron chi connectivity index (χ4n) is 5.64. The van der Waals surface area contributed by atoms with Gasteiger partial charge in [0.15, 0.2) is 0 Å². The Bertz CT molecular complexity index is 1640. The van der Waals surface area contributed by atoms with Crippen LogP contribution in [0.2, 0.25) is 0 Å². The average molecular weight is 577 g/mol. The first-order chi connectivity index (χ1) is 20.9. The highest BCUT2D eigenvalue weighted by Gasteiger charge is 2.28. The van der Waals surface area contributed by atoms with Gasteiger partial charge in [0.25, 0.3) is 5.91 Å². The number of nitrogens with two attached hydrogens (primary N) is 1. The summed E-state index contributed by atoms with van der Waals surface area (Å²) >= 11 is 0. The molecule has 4 heterocycles. The topological polar surface area (TPSA) is 131 Å². The summed E-state index contributed by atoms with van der Waals surface area (Å²) in [6, 6.07) is 22.3. The Morgan fingerprint density at radius 3 is 2.40 bits per heavy atom. The van der Waals surface area contributed by atoms with E-state index < -0.39 is 11.9 Å². The highest BCUT2D eigenvalue weighted by atomic mass is 16.5. The fourth-order valence-corrected chi connectivity index (χ4v) is 5.64. The molecule has 3 N–H and O–H groups in total. The van der Waals surface area contributed by atoms with Gasteiger partial charge < -0.3 is 10.5 Å². The highest BCUT2D eigenvalue weighted by Crippen LogP contribution is 2.33. The number of urea groups is 1. The first-order valence-corrected chi connectivity index (χ1v) is 14.4. The van der Waals surface area contributed by atoms with Crippen molar-refractivity contribution in [2.24, 2.45) is 5.73 Å². The highest BCUT2D eigenvalue weighted by molar-refractivity contribution is 6.05. The number of rotatable bonds is 8. The van der Waals surface area contributed by atoms with Crippen molar-refractivity contribution in [3.05, 3.63) is 102 Å². The number of benzene rings is 2. The quantitative estimate of drug-likeness (QED) is 0.306. The van der Waals surface area contributed by atoms with Gasteiger partial charge in [-0.15, -0.1) is 0 Å². The number of pyridine rings is 2. The number of likely N-dealkylation sites (tertiary alicyclic amines) is 1. The number of amides is 4. The van der Waals surface area contributed by atoms with Crippen LogP contribution in [0, 0.1) is 0 Å². The predicted octanol–water partition coefficient (Wildman–Crippen LogP) is 4.86. The molecule has 0 bridgehead atoms. The molecule has 218 valence electrons. The number of carbonyl (C=O) groups is 3. The van der Waals surface area contributed by atoms with Crippen LogP contribution in [0.15, 0.2) is 85.2 Å². The van der Waals surface area contributed by atoms with E-state index in [1.165, 1.54) is 0 Å². The third-order valence-corrected chi connectivity index (χ3v) is 7.92. The van der Waals surface area contributed by atoms with E-state index in [1.54, 1.807) is 23.4 Å². The number of piperidine rings is 1. The van der Waals surface area contributed by atoms with Crippen LogP contribution in [-0.4, -0.2) is 52.3 Å². The molecule has 4 aromatic rings. The molecular formula is C33H32N6O4. The van der Waals surface area contributed by atoms with Gasteiger partial charge in [-0.05, 0) is 86.1 Å². The molecule has 4 amide bonds. The molecule has 2 aliphatic heterocycles. The fraction of sp³-hybridized carbons (Fsp3) is 0.242. The maximum atomic E-state index is 12.4. The van der Waals surface area contributed by atoms with Gasteiger partial charge >= 0.3 is 6.03 Å². The molecule has 0 atom stereocenters. The molecule has 10 heteroatoms. The standard InChI is InChI=1S/C33H32N6O4/c34-32(41)27-10-11-28(36-31(27)23-6-8-26(9-7-23)43-25-4-2-1-3-5-25)22-13-17-38(18-14-22)21-24-12-16-35-20-29(24)39-19-15-30(40)37-33(39)42/h1-12,16,20,22H,13-15,17-19,21H2,(H2,34,41)(H,37,40,42). The van der Waals surface area contributed by atoms with E-state index in [1.807, 2.05) is 66.7 Å². The number of nitrogens with zero attached hydrogens (tertiary/aromatic N) is 4. The number of hydrogen-bond acceptors (Lipinski definition) is 7. The molecular weight excluding hydrogens is 544 g/mol. The Morgan fingerprint density at radius 2 is 1.67 bits per heavy atom. The Labute approximate surface area is 249 Å². The third kappa shape index (κ3) is 6.39. The molecule has 0 unspecified atom stereocenters. The third-order valence-electron chi connectivity index (χ3n) is 7.92. The molecule has 0 saturated carbocycles. The average Bonchev–Trinajstić information content (AvgIpc) is 3.02. The summed E-state index contributed by atoms with van der Waals surface area (Å²) in [4.78, 5) is 49.5. The second kappa shape index (κ2) is 12.4. The normalized spacial score (nSPS) is 16.1. The minimum atomic E-state index is -0.520. The summed E-state index contributed by atoms with van der Waals surface area (Å²) in [7, 11) is 0. The summed E-state index contributed by atoms with van der Waals surface area (Å²) in [5, 5.41) is 2.39. The molecule has 43 heavy (non-hydrogen) atoms. The molecule has 2 saturated heterocycles. The lowest BCUT2D eigenvalue weighted by Gasteiger charge is -2.33. The van der Waals surface area contributed by atoms with Crippen molar-refractivity contribution in [2.45, 2.75) is 31.7 Å². The lowest BCUT2D eigenvalue weighted by atomic mass is 9.91. The van der Waals surface area contributed by atoms with Gasteiger partial charge in [0, 0.05) is 42.9 Å². The Balaban J connectivity index is 1.14. The number of carbonyl (C=O) groups excluding carboxylic acids is 3. The van der Waals surface area contributed by atoms with E-state index in [0.29, 0.717) is 30.1 Å². The van der Waals surface area contributed by atoms with E-state index in [9.17, 15) is 14.4 Å². The van der Waals surface area contributed by atoms with Crippen molar-refractivity contribution in [2.75, 3.05) is 24.5 Å². The van der Waals surface area contributed by atoms with E-state index in [2.05, 4.69) is 15.2 Å². The Morgan fingerprint density at radius 1 is 0.930 bits per heavy atom. The number of nitrogens with one attached hydrogen (secondary N) is 1. The number of imide groups is 1. The Hall–Kier alpha value is -5.09. The molecule has 0 aliphatic carbocycles. The van der Waals surface area contributed by atoms with E-state index in [-0.39, 0.29) is 18.2 Å². The molecule has 10 nitrogen and oxygen atoms in total. The summed E-state index contributed by atoms with van der Waals surface area (Å²) in [5.41, 5.74) is 10.1. The van der Waals surface area contributed by atoms with E-state index in [0.717, 1.165) is 54.2 Å². The van der Waals surface area contributed by atoms with Gasteiger partial charge in [-0.1, -0.05) is 18.2 Å². The number of ether oxygens (including phenoxy) is 1. The monoisotopic (exact) mass is 576 g/mol. The zero-order chi connectivity index (χ0) is 29.8. The molecule has 2 aromatic heterocycles. The van der Waals surface area contributed by atoms with Gasteiger partial charge in [0.1, 0.15) is 11.5 Å². The minimum absolute atomic E-state index is 0.230. The van der Waals surface area contributed by atoms with Crippen molar-refractivity contribution < 1.29 is 19.1 Å². The summed E-state index contributed by atoms with van der Waals surface area (Å²) in [5.74, 6) is 0.879. The van der Waals surface area contributed by atoms with E-state index in [4.69, 9.17) is 15.5 Å². The number of aromatic nitrogens is 2. The first-order valence-electron chi connectivity index (χ1n) is 14.4. The van der Waals surface area contributed by atoms with Crippen LogP contribution in [0.5, 0.6) is 11.5 Å². The van der Waals surface area contributed by atoms with Gasteiger partial charge in [-0.3, -0.25) is 34.7 Å². The summed E-state index contributed by atoms with van der Waals surface area (Å²) in [6.07, 6.45) is 5.46. The molecule has 2 fully saturated rings. The van der Waals surface area contributed by atoms with Gasteiger partial charge in [-0.25, -0.2) is 4.79 Å². The van der Waals surface area contributed by atoms with Crippen LogP contribution < -0.4 is 20.7 Å². The largest absolute Gasteiger partial charge is 0.457 e. The van der Waals surface area contributed by atoms with Crippen LogP contribution in [0.4, 0.5) is 10.5 Å². The number of para-hydroxylation sites is 1. The van der Waals surface area contributed by atoms with E-state index >= 15 is 0 Å². The van der Waals surface area contributed by atoms with Crippen LogP contribution in [0.1, 0.15) is 46.8 Å². The number of hydrogen-bond donors (Lipinski definition) is 2. The smallest absolute Gasteiger partial charge is 0.328 e. The maximum absolute atomic E-state index is 12.4. The lowest BCUT2D eigenvalue weighted by molar-refractivity contribution is -0.120. The maximum Gasteiger partial charge on any atom is 0.328 e. The number of primary amides is 1. The second-order valence-electron chi connectivity index (χ2n) is 10.7. The number of anilines is 1. The summed E-state index contributed by atoms with van der Waals surface area (Å²) < 4.78 is 5.91. The van der Waals surface area contributed by atoms with Gasteiger partial charge in [0.2, 0.25) is 5.91 Å². The lowest BCUT2D eigenvalue weighted by Crippen LogP contribution is -2.50. The van der Waals surface area contributed by atoms with Crippen molar-refractivity contribution in [3.63, 3.8) is 0 Å². The van der Waals surface area contributed by atoms with Gasteiger partial charge in [-0.2, -0.15) is 0 Å². The predicted molar refractivity (Wildman–Crippen MR) is 162 cm³/mol. The van der Waals surface area contributed by atoms with Crippen molar-refractivity contribution in [1.29, 1.82) is 0 Å². The van der Waals surface area contributed by atoms with Crippen LogP contribution in [-0.2, 0) is 11.3 Å². The molecule has 2 aliphatic rings. The second-order valence-corrected chi connectivity index (χ2v) is 10.7. The van der Waals surface area contributed by atoms with Crippen LogP contribution >= 0.6 is 0 Å². The molecule has 2 aromatic carbocycles.